The van der Waals surface area contributed by atoms with E-state index >= 15 is 0 Å². The van der Waals surface area contributed by atoms with Gasteiger partial charge in [-0.25, -0.2) is 0 Å². The molecule has 0 N–H and O–H groups in total. The van der Waals surface area contributed by atoms with Crippen molar-refractivity contribution in [3.8, 4) is 0 Å². The second-order valence-corrected chi connectivity index (χ2v) is 17.9. The molecule has 1 atom stereocenters. The van der Waals surface area contributed by atoms with Crippen molar-refractivity contribution in [3.63, 3.8) is 0 Å². The molecule has 216 valence electrons. The Morgan fingerprint density at radius 1 is 0.763 bits per heavy atom. The van der Waals surface area contributed by atoms with Crippen molar-refractivity contribution < 1.29 is 32.9 Å². The van der Waals surface area contributed by atoms with Crippen molar-refractivity contribution in [2.24, 2.45) is 0 Å². The van der Waals surface area contributed by atoms with Crippen LogP contribution < -0.4 is 0 Å². The molecule has 3 nitrogen and oxygen atoms in total. The molecule has 2 aromatic rings. The first-order valence-corrected chi connectivity index (χ1v) is 17.0. The monoisotopic (exact) mass is 676 g/mol. The number of benzene rings is 2. The summed E-state index contributed by atoms with van der Waals surface area (Å²) in [6, 6.07) is 13.3. The first-order valence-electron chi connectivity index (χ1n) is 12.5. The molecule has 0 aliphatic carbocycles. The zero-order valence-electron chi connectivity index (χ0n) is 22.9. The third kappa shape index (κ3) is 7.47. The average Bonchev–Trinajstić information content (AvgIpc) is 2.81. The van der Waals surface area contributed by atoms with E-state index in [9.17, 15) is 30.4 Å². The van der Waals surface area contributed by atoms with E-state index in [1.807, 2.05) is 41.5 Å². The minimum absolute atomic E-state index is 0.0665. The van der Waals surface area contributed by atoms with E-state index in [1.54, 1.807) is 55.5 Å². The molecule has 0 bridgehead atoms. The van der Waals surface area contributed by atoms with Crippen LogP contribution in [0.4, 0.5) is 22.0 Å². The number of rotatable bonds is 11. The molecular formula is C28H38F5IO3S. The summed E-state index contributed by atoms with van der Waals surface area (Å²) in [6.07, 6.45) is -3.36. The van der Waals surface area contributed by atoms with Gasteiger partial charge in [0.1, 0.15) is 0 Å². The predicted octanol–water partition coefficient (Wildman–Crippen LogP) is 9.24. The standard InChI is InChI=1S/C28H38F5IO3S/c1-8-9-10-11-24(29)27(30,31)28(32,33)38(35,36)37-34(22-16-12-20(13-17-22)25(2,3)4)23-18-14-21(15-19-23)26(5,6)7/h12-19,24H,8-11H2,1-7H3. The van der Waals surface area contributed by atoms with Gasteiger partial charge in [0.2, 0.25) is 0 Å². The van der Waals surface area contributed by atoms with Gasteiger partial charge in [0.25, 0.3) is 0 Å². The number of alkyl halides is 5. The first-order chi connectivity index (χ1) is 17.3. The molecule has 0 fully saturated rings. The fourth-order valence-corrected chi connectivity index (χ4v) is 10.5. The molecular weight excluding hydrogens is 638 g/mol. The third-order valence-electron chi connectivity index (χ3n) is 6.12. The van der Waals surface area contributed by atoms with Gasteiger partial charge in [-0.05, 0) is 0 Å². The van der Waals surface area contributed by atoms with E-state index in [1.165, 1.54) is 0 Å². The summed E-state index contributed by atoms with van der Waals surface area (Å²) >= 11 is -3.71. The number of halogens is 6. The molecule has 2 rings (SSSR count). The van der Waals surface area contributed by atoms with Crippen LogP contribution in [0.3, 0.4) is 0 Å². The first kappa shape index (κ1) is 32.9. The van der Waals surface area contributed by atoms with Gasteiger partial charge in [0.05, 0.1) is 0 Å². The molecule has 0 heterocycles. The topological polar surface area (TPSA) is 43.4 Å². The minimum atomic E-state index is -6.22. The van der Waals surface area contributed by atoms with Crippen molar-refractivity contribution in [2.75, 3.05) is 0 Å². The van der Waals surface area contributed by atoms with Crippen molar-refractivity contribution in [2.45, 2.75) is 102 Å². The van der Waals surface area contributed by atoms with Gasteiger partial charge in [0.15, 0.2) is 0 Å². The zero-order valence-corrected chi connectivity index (χ0v) is 25.9. The fraction of sp³-hybridized carbons (Fsp3) is 0.571. The van der Waals surface area contributed by atoms with Gasteiger partial charge >= 0.3 is 232 Å². The van der Waals surface area contributed by atoms with Gasteiger partial charge in [-0.1, -0.05) is 0 Å². The van der Waals surface area contributed by atoms with Crippen molar-refractivity contribution >= 4 is 30.4 Å². The fourth-order valence-electron chi connectivity index (χ4n) is 3.55. The Labute approximate surface area is 231 Å². The summed E-state index contributed by atoms with van der Waals surface area (Å²) in [5.74, 6) is -5.45. The quantitative estimate of drug-likeness (QED) is 0.135. The Hall–Kier alpha value is -1.27. The number of hydrogen-bond donors (Lipinski definition) is 0. The molecule has 0 radical (unpaired) electrons. The van der Waals surface area contributed by atoms with Gasteiger partial charge in [-0.2, -0.15) is 0 Å². The molecule has 0 aliphatic rings. The van der Waals surface area contributed by atoms with Gasteiger partial charge in [-0.3, -0.25) is 0 Å². The van der Waals surface area contributed by atoms with E-state index < -0.39 is 54.1 Å². The molecule has 0 aromatic heterocycles. The Morgan fingerprint density at radius 2 is 1.16 bits per heavy atom. The molecule has 0 aliphatic heterocycles. The molecule has 0 spiro atoms. The molecule has 1 unspecified atom stereocenters. The molecule has 0 saturated heterocycles. The van der Waals surface area contributed by atoms with Crippen LogP contribution in [0.25, 0.3) is 0 Å². The number of unbranched alkanes of at least 4 members (excludes halogenated alkanes) is 2. The Balaban J connectivity index is 2.53. The van der Waals surface area contributed by atoms with Crippen LogP contribution in [-0.2, 0) is 23.5 Å². The van der Waals surface area contributed by atoms with Gasteiger partial charge in [0, 0.05) is 0 Å². The Kier molecular flexibility index (Phi) is 10.5. The van der Waals surface area contributed by atoms with E-state index in [0.29, 0.717) is 20.0 Å². The van der Waals surface area contributed by atoms with Crippen LogP contribution in [0.2, 0.25) is 0 Å². The predicted molar refractivity (Wildman–Crippen MR) is 151 cm³/mol. The van der Waals surface area contributed by atoms with Crippen molar-refractivity contribution in [3.05, 3.63) is 66.8 Å². The maximum absolute atomic E-state index is 14.9. The molecule has 2 aromatic carbocycles. The van der Waals surface area contributed by atoms with Gasteiger partial charge < -0.3 is 0 Å². The van der Waals surface area contributed by atoms with Crippen LogP contribution in [0, 0.1) is 7.14 Å². The van der Waals surface area contributed by atoms with Crippen molar-refractivity contribution in [1.82, 2.24) is 0 Å². The van der Waals surface area contributed by atoms with E-state index in [-0.39, 0.29) is 17.3 Å². The van der Waals surface area contributed by atoms with Crippen LogP contribution in [-0.4, -0.2) is 25.8 Å². The summed E-state index contributed by atoms with van der Waals surface area (Å²) in [5.41, 5.74) is 1.35. The van der Waals surface area contributed by atoms with E-state index in [2.05, 4.69) is 0 Å². The van der Waals surface area contributed by atoms with Crippen LogP contribution >= 0.6 is 20.2 Å². The Bertz CT molecular complexity index is 1100. The molecule has 10 heteroatoms. The average molecular weight is 677 g/mol. The Morgan fingerprint density at radius 3 is 1.50 bits per heavy atom. The third-order valence-corrected chi connectivity index (χ3v) is 13.5. The molecule has 0 saturated carbocycles. The molecule has 38 heavy (non-hydrogen) atoms. The zero-order chi connectivity index (χ0) is 29.2. The number of hydrogen-bond acceptors (Lipinski definition) is 3. The van der Waals surface area contributed by atoms with Crippen LogP contribution in [0.15, 0.2) is 48.5 Å². The van der Waals surface area contributed by atoms with Crippen LogP contribution in [0.5, 0.6) is 0 Å². The van der Waals surface area contributed by atoms with Crippen LogP contribution in [0.1, 0.15) is 85.3 Å². The second kappa shape index (κ2) is 12.1. The van der Waals surface area contributed by atoms with E-state index in [0.717, 1.165) is 11.1 Å². The maximum atomic E-state index is 14.9. The summed E-state index contributed by atoms with van der Waals surface area (Å²) in [6.45, 7) is 13.6. The summed E-state index contributed by atoms with van der Waals surface area (Å²) in [5, 5.41) is -5.75. The summed E-state index contributed by atoms with van der Waals surface area (Å²) in [7, 11) is -6.22. The normalized spacial score (nSPS) is 14.9. The van der Waals surface area contributed by atoms with Gasteiger partial charge in [-0.15, -0.1) is 0 Å². The van der Waals surface area contributed by atoms with Crippen molar-refractivity contribution in [1.29, 1.82) is 0 Å². The summed E-state index contributed by atoms with van der Waals surface area (Å²) in [4.78, 5) is 0. The second-order valence-electron chi connectivity index (χ2n) is 11.4. The SMILES string of the molecule is CCCCCC(F)C(F)(F)C(F)(F)S(=O)(=O)OI(c1ccc(C(C)(C)C)cc1)c1ccc(C(C)(C)C)cc1. The van der Waals surface area contributed by atoms with E-state index in [4.69, 9.17) is 2.51 Å². The summed E-state index contributed by atoms with van der Waals surface area (Å²) < 4.78 is 104. The molecule has 0 amide bonds.